The topological polar surface area (TPSA) is 64.6 Å². The number of methoxy groups -OCH3 is 1. The van der Waals surface area contributed by atoms with Gasteiger partial charge in [0.05, 0.1) is 7.11 Å². The van der Waals surface area contributed by atoms with Crippen molar-refractivity contribution < 1.29 is 19.1 Å². The molecule has 17 heavy (non-hydrogen) atoms. The van der Waals surface area contributed by atoms with Crippen molar-refractivity contribution in [2.24, 2.45) is 0 Å². The van der Waals surface area contributed by atoms with Gasteiger partial charge in [-0.1, -0.05) is 22.6 Å². The number of alkyl carbamates (subject to hydrolysis) is 1. The molecule has 0 saturated heterocycles. The number of nitrogens with one attached hydrogen (secondary N) is 1. The van der Waals surface area contributed by atoms with Crippen molar-refractivity contribution >= 4 is 34.7 Å². The maximum atomic E-state index is 11.6. The molecule has 1 N–H and O–H groups in total. The number of rotatable bonds is 3. The highest BCUT2D eigenvalue weighted by atomic mass is 131. The summed E-state index contributed by atoms with van der Waals surface area (Å²) in [6.07, 6.45) is 0.864. The molecule has 1 amide bonds. The smallest absolute Gasteiger partial charge is 0.408 e. The molecule has 0 aliphatic heterocycles. The van der Waals surface area contributed by atoms with E-state index in [4.69, 9.17) is 4.74 Å². The summed E-state index contributed by atoms with van der Waals surface area (Å²) in [5.74, 6) is -0.559. The molecule has 0 aromatic heterocycles. The Morgan fingerprint density at radius 1 is 1.24 bits per heavy atom. The zero-order valence-electron chi connectivity index (χ0n) is 10.7. The van der Waals surface area contributed by atoms with Gasteiger partial charge in [-0.3, -0.25) is 0 Å². The predicted molar refractivity (Wildman–Crippen MR) is 73.0 cm³/mol. The molecule has 0 fully saturated rings. The molecule has 6 heteroatoms. The first-order valence-electron chi connectivity index (χ1n) is 5.02. The second kappa shape index (κ2) is 6.23. The largest absolute Gasteiger partial charge is 0.467 e. The van der Waals surface area contributed by atoms with Gasteiger partial charge in [-0.05, 0) is 37.9 Å². The van der Waals surface area contributed by atoms with Crippen LogP contribution in [0.1, 0.15) is 27.7 Å². The lowest BCUT2D eigenvalue weighted by Crippen LogP contribution is -2.52. The molecular formula is C11H18INO4. The highest BCUT2D eigenvalue weighted by molar-refractivity contribution is 14.1. The number of carbonyl (C=O) groups excluding carboxylic acids is 2. The summed E-state index contributed by atoms with van der Waals surface area (Å²) < 4.78 is 11.3. The molecule has 0 radical (unpaired) electrons. The van der Waals surface area contributed by atoms with Crippen LogP contribution in [0.3, 0.4) is 0 Å². The summed E-state index contributed by atoms with van der Waals surface area (Å²) in [6.45, 7) is 6.78. The predicted octanol–water partition coefficient (Wildman–Crippen LogP) is 2.39. The van der Waals surface area contributed by atoms with Gasteiger partial charge in [0, 0.05) is 0 Å². The molecule has 0 aliphatic rings. The molecule has 0 saturated carbocycles. The summed E-state index contributed by atoms with van der Waals surface area (Å²) in [5.41, 5.74) is -1.84. The van der Waals surface area contributed by atoms with Gasteiger partial charge < -0.3 is 14.8 Å². The SMILES string of the molecule is COC(=O)[C@](C)(/C=C/[131I])NC(=O)OC(C)(C)C. The van der Waals surface area contributed by atoms with Crippen molar-refractivity contribution in [1.82, 2.24) is 5.32 Å². The molecular weight excluding hydrogens is 341 g/mol. The highest BCUT2D eigenvalue weighted by Crippen LogP contribution is 2.13. The minimum Gasteiger partial charge on any atom is -0.467 e. The Morgan fingerprint density at radius 2 is 1.76 bits per heavy atom. The Kier molecular flexibility index (Phi) is 5.94. The molecule has 98 valence electrons. The number of amides is 1. The molecule has 0 spiro atoms. The minimum absolute atomic E-state index is 0.559. The third-order valence-electron chi connectivity index (χ3n) is 1.77. The molecule has 0 aliphatic carbocycles. The van der Waals surface area contributed by atoms with Gasteiger partial charge in [0.25, 0.3) is 0 Å². The first-order chi connectivity index (χ1) is 7.64. The van der Waals surface area contributed by atoms with Crippen LogP contribution in [0.4, 0.5) is 4.79 Å². The fraction of sp³-hybridized carbons (Fsp3) is 0.636. The van der Waals surface area contributed by atoms with E-state index in [1.54, 1.807) is 24.9 Å². The van der Waals surface area contributed by atoms with Crippen LogP contribution in [-0.2, 0) is 14.3 Å². The van der Waals surface area contributed by atoms with Crippen LogP contribution in [0.2, 0.25) is 0 Å². The Bertz CT molecular complexity index is 322. The summed E-state index contributed by atoms with van der Waals surface area (Å²) >= 11 is 1.96. The third-order valence-corrected chi connectivity index (χ3v) is 2.13. The Hall–Kier alpha value is -0.790. The van der Waals surface area contributed by atoms with Crippen molar-refractivity contribution in [2.75, 3.05) is 7.11 Å². The molecule has 0 aromatic carbocycles. The van der Waals surface area contributed by atoms with Gasteiger partial charge in [0.1, 0.15) is 5.60 Å². The minimum atomic E-state index is -1.22. The molecule has 0 heterocycles. The first-order valence-corrected chi connectivity index (χ1v) is 6.26. The summed E-state index contributed by atoms with van der Waals surface area (Å²) in [5, 5.41) is 2.47. The van der Waals surface area contributed by atoms with Crippen molar-refractivity contribution in [3.05, 3.63) is 10.2 Å². The number of halogens is 1. The normalized spacial score (nSPS) is 15.2. The zero-order valence-corrected chi connectivity index (χ0v) is 12.8. The molecule has 0 aromatic rings. The van der Waals surface area contributed by atoms with Crippen LogP contribution in [-0.4, -0.2) is 30.3 Å². The van der Waals surface area contributed by atoms with Crippen LogP contribution in [0.5, 0.6) is 0 Å². The summed E-state index contributed by atoms with van der Waals surface area (Å²) in [6, 6.07) is 0. The summed E-state index contributed by atoms with van der Waals surface area (Å²) in [4.78, 5) is 23.2. The zero-order chi connectivity index (χ0) is 13.7. The van der Waals surface area contributed by atoms with E-state index in [0.717, 1.165) is 0 Å². The number of ether oxygens (including phenoxy) is 2. The molecule has 0 rings (SSSR count). The number of carbonyl (C=O) groups is 2. The second-order valence-electron chi connectivity index (χ2n) is 4.61. The average molecular weight is 359 g/mol. The first kappa shape index (κ1) is 16.2. The second-order valence-corrected chi connectivity index (χ2v) is 5.33. The maximum absolute atomic E-state index is 11.6. The average Bonchev–Trinajstić information content (AvgIpc) is 2.13. The van der Waals surface area contributed by atoms with E-state index in [1.165, 1.54) is 20.1 Å². The van der Waals surface area contributed by atoms with Crippen molar-refractivity contribution in [3.8, 4) is 0 Å². The van der Waals surface area contributed by atoms with Gasteiger partial charge in [-0.2, -0.15) is 0 Å². The number of hydrogen-bond acceptors (Lipinski definition) is 4. The lowest BCUT2D eigenvalue weighted by Gasteiger charge is -2.27. The van der Waals surface area contributed by atoms with E-state index in [1.807, 2.05) is 22.6 Å². The maximum Gasteiger partial charge on any atom is 0.408 e. The van der Waals surface area contributed by atoms with Crippen LogP contribution in [0, 0.1) is 0 Å². The molecule has 0 unspecified atom stereocenters. The molecule has 1 atom stereocenters. The van der Waals surface area contributed by atoms with Gasteiger partial charge in [0.2, 0.25) is 0 Å². The Morgan fingerprint density at radius 3 is 2.12 bits per heavy atom. The van der Waals surface area contributed by atoms with Gasteiger partial charge in [0.15, 0.2) is 5.54 Å². The molecule has 0 bridgehead atoms. The van der Waals surface area contributed by atoms with Crippen LogP contribution in [0.25, 0.3) is 0 Å². The Labute approximate surface area is 115 Å². The fourth-order valence-corrected chi connectivity index (χ4v) is 1.73. The standard InChI is InChI=1S/C11H18INO4/c1-10(2,3)17-9(15)13-11(4,6-7-12)8(14)16-5/h6-7H,1-5H3,(H,13,15)/b7-6+/t11-/m0/s1/i12+4. The summed E-state index contributed by atoms with van der Waals surface area (Å²) in [7, 11) is 1.26. The fourth-order valence-electron chi connectivity index (χ4n) is 1.01. The van der Waals surface area contributed by atoms with Crippen LogP contribution < -0.4 is 5.32 Å². The van der Waals surface area contributed by atoms with E-state index in [9.17, 15) is 9.59 Å². The lowest BCUT2D eigenvalue weighted by molar-refractivity contribution is -0.145. The van der Waals surface area contributed by atoms with Crippen molar-refractivity contribution in [3.63, 3.8) is 0 Å². The van der Waals surface area contributed by atoms with E-state index in [0.29, 0.717) is 0 Å². The quantitative estimate of drug-likeness (QED) is 0.621. The number of esters is 1. The van der Waals surface area contributed by atoms with Crippen LogP contribution in [0.15, 0.2) is 10.2 Å². The van der Waals surface area contributed by atoms with E-state index >= 15 is 0 Å². The number of hydrogen-bond donors (Lipinski definition) is 1. The third kappa shape index (κ3) is 5.90. The highest BCUT2D eigenvalue weighted by Gasteiger charge is 2.34. The van der Waals surface area contributed by atoms with Crippen LogP contribution >= 0.6 is 22.6 Å². The van der Waals surface area contributed by atoms with Crippen molar-refractivity contribution in [2.45, 2.75) is 38.8 Å². The van der Waals surface area contributed by atoms with Gasteiger partial charge in [-0.15, -0.1) is 0 Å². The van der Waals surface area contributed by atoms with E-state index in [2.05, 4.69) is 10.1 Å². The Balaban J connectivity index is 4.78. The van der Waals surface area contributed by atoms with E-state index in [-0.39, 0.29) is 0 Å². The van der Waals surface area contributed by atoms with Gasteiger partial charge in [-0.25, -0.2) is 9.59 Å². The van der Waals surface area contributed by atoms with Crippen molar-refractivity contribution in [1.29, 1.82) is 0 Å². The molecule has 5 nitrogen and oxygen atoms in total. The monoisotopic (exact) mass is 359 g/mol. The van der Waals surface area contributed by atoms with Gasteiger partial charge >= 0.3 is 12.1 Å². The lowest BCUT2D eigenvalue weighted by atomic mass is 10.0. The van der Waals surface area contributed by atoms with E-state index < -0.39 is 23.2 Å².